The van der Waals surface area contributed by atoms with Crippen molar-refractivity contribution in [1.82, 2.24) is 9.80 Å². The second kappa shape index (κ2) is 8.53. The van der Waals surface area contributed by atoms with Crippen molar-refractivity contribution >= 4 is 29.3 Å². The van der Waals surface area contributed by atoms with Gasteiger partial charge in [-0.25, -0.2) is 4.79 Å². The molecule has 0 aliphatic carbocycles. The molecule has 2 aliphatic rings. The summed E-state index contributed by atoms with van der Waals surface area (Å²) in [5, 5.41) is 21.2. The van der Waals surface area contributed by atoms with Gasteiger partial charge in [-0.05, 0) is 18.1 Å². The first-order chi connectivity index (χ1) is 15.7. The lowest BCUT2D eigenvalue weighted by atomic mass is 9.89. The van der Waals surface area contributed by atoms with Crippen LogP contribution in [0.25, 0.3) is 0 Å². The van der Waals surface area contributed by atoms with Crippen LogP contribution in [0, 0.1) is 10.1 Å². The van der Waals surface area contributed by atoms with Gasteiger partial charge in [0.2, 0.25) is 11.8 Å². The van der Waals surface area contributed by atoms with Crippen LogP contribution in [0.3, 0.4) is 0 Å². The zero-order valence-corrected chi connectivity index (χ0v) is 18.2. The van der Waals surface area contributed by atoms with E-state index in [0.717, 1.165) is 10.5 Å². The Morgan fingerprint density at radius 1 is 1.03 bits per heavy atom. The topological polar surface area (TPSA) is 124 Å². The van der Waals surface area contributed by atoms with Crippen molar-refractivity contribution in [2.75, 3.05) is 25.5 Å². The van der Waals surface area contributed by atoms with E-state index in [1.165, 1.54) is 28.0 Å². The molecule has 0 aromatic heterocycles. The summed E-state index contributed by atoms with van der Waals surface area (Å²) in [5.74, 6) is -1.09. The zero-order chi connectivity index (χ0) is 23.9. The number of nitrogens with zero attached hydrogens (tertiary/aromatic N) is 4. The fourth-order valence-electron chi connectivity index (χ4n) is 4.84. The number of hydrogen-bond acceptors (Lipinski definition) is 5. The molecule has 0 spiro atoms. The fourth-order valence-corrected chi connectivity index (χ4v) is 4.84. The number of likely N-dealkylation sites (N-methyl/N-ethyl adjacent to an activating group) is 2. The summed E-state index contributed by atoms with van der Waals surface area (Å²) < 4.78 is 0. The molecule has 1 fully saturated rings. The lowest BCUT2D eigenvalue weighted by molar-refractivity contribution is -0.385. The quantitative estimate of drug-likeness (QED) is 0.549. The summed E-state index contributed by atoms with van der Waals surface area (Å²) in [7, 11) is 3.14. The molecule has 0 radical (unpaired) electrons. The van der Waals surface area contributed by atoms with Gasteiger partial charge in [0, 0.05) is 39.0 Å². The van der Waals surface area contributed by atoms with E-state index in [-0.39, 0.29) is 41.7 Å². The summed E-state index contributed by atoms with van der Waals surface area (Å²) in [6.45, 7) is -0.0154. The van der Waals surface area contributed by atoms with Crippen LogP contribution in [0.15, 0.2) is 48.5 Å². The molecule has 0 saturated carbocycles. The number of benzene rings is 2. The number of hydrogen-bond donors (Lipinski definition) is 1. The highest BCUT2D eigenvalue weighted by Gasteiger charge is 2.46. The Kier molecular flexibility index (Phi) is 5.75. The predicted octanol–water partition coefficient (Wildman–Crippen LogP) is 2.48. The van der Waals surface area contributed by atoms with Gasteiger partial charge in [-0.1, -0.05) is 36.4 Å². The highest BCUT2D eigenvalue weighted by atomic mass is 16.6. The lowest BCUT2D eigenvalue weighted by Crippen LogP contribution is -2.63. The molecule has 4 rings (SSSR count). The molecular weight excluding hydrogens is 428 g/mol. The molecule has 33 heavy (non-hydrogen) atoms. The Bertz CT molecular complexity index is 1120. The highest BCUT2D eigenvalue weighted by Crippen LogP contribution is 2.44. The molecule has 2 aromatic carbocycles. The standard InChI is InChI=1S/C23H24N4O6/c1-24-18(11-14-7-4-3-5-8-14)21(28)25(2)19(22(24)29)12-15-13-26(23(30)31)16-9-6-10-17(20(15)16)27(32)33/h3-10,15,18-19H,11-13H2,1-2H3,(H,30,31). The molecular formula is C23H24N4O6. The molecule has 172 valence electrons. The maximum absolute atomic E-state index is 13.3. The number of fused-ring (bicyclic) bond motifs is 1. The number of nitro groups is 1. The van der Waals surface area contributed by atoms with Gasteiger partial charge < -0.3 is 14.9 Å². The molecule has 10 nitrogen and oxygen atoms in total. The summed E-state index contributed by atoms with van der Waals surface area (Å²) in [6.07, 6.45) is -0.757. The first-order valence-electron chi connectivity index (χ1n) is 10.6. The average molecular weight is 452 g/mol. The minimum absolute atomic E-state index is 0.0154. The van der Waals surface area contributed by atoms with Gasteiger partial charge in [0.05, 0.1) is 16.2 Å². The molecule has 1 saturated heterocycles. The number of amides is 3. The Morgan fingerprint density at radius 3 is 2.30 bits per heavy atom. The van der Waals surface area contributed by atoms with Crippen LogP contribution in [-0.2, 0) is 16.0 Å². The molecule has 3 unspecified atom stereocenters. The number of nitro benzene ring substituents is 1. The number of carbonyl (C=O) groups excluding carboxylic acids is 2. The maximum atomic E-state index is 13.3. The predicted molar refractivity (Wildman–Crippen MR) is 119 cm³/mol. The Morgan fingerprint density at radius 2 is 1.67 bits per heavy atom. The largest absolute Gasteiger partial charge is 0.465 e. The van der Waals surface area contributed by atoms with Gasteiger partial charge in [0.25, 0.3) is 5.69 Å². The van der Waals surface area contributed by atoms with Gasteiger partial charge >= 0.3 is 6.09 Å². The van der Waals surface area contributed by atoms with Crippen molar-refractivity contribution in [3.63, 3.8) is 0 Å². The number of rotatable bonds is 5. The van der Waals surface area contributed by atoms with Gasteiger partial charge in [0.1, 0.15) is 12.1 Å². The second-order valence-corrected chi connectivity index (χ2v) is 8.41. The zero-order valence-electron chi connectivity index (χ0n) is 18.2. The van der Waals surface area contributed by atoms with E-state index in [0.29, 0.717) is 6.42 Å². The molecule has 10 heteroatoms. The molecule has 1 N–H and O–H groups in total. The summed E-state index contributed by atoms with van der Waals surface area (Å²) >= 11 is 0. The number of piperazine rings is 1. The minimum Gasteiger partial charge on any atom is -0.465 e. The second-order valence-electron chi connectivity index (χ2n) is 8.41. The summed E-state index contributed by atoms with van der Waals surface area (Å²) in [5.41, 5.74) is 1.27. The van der Waals surface area contributed by atoms with Crippen LogP contribution in [0.4, 0.5) is 16.2 Å². The average Bonchev–Trinajstić information content (AvgIpc) is 3.18. The molecule has 3 atom stereocenters. The normalized spacial score (nSPS) is 22.5. The Hall–Kier alpha value is -3.95. The van der Waals surface area contributed by atoms with Gasteiger partial charge in [-0.15, -0.1) is 0 Å². The molecule has 2 aliphatic heterocycles. The van der Waals surface area contributed by atoms with E-state index in [4.69, 9.17) is 0 Å². The van der Waals surface area contributed by atoms with Gasteiger partial charge in [-0.3, -0.25) is 24.6 Å². The first kappa shape index (κ1) is 22.3. The smallest absolute Gasteiger partial charge is 0.411 e. The fraction of sp³-hybridized carbons (Fsp3) is 0.348. The highest BCUT2D eigenvalue weighted by molar-refractivity contribution is 5.97. The van der Waals surface area contributed by atoms with Crippen LogP contribution in [-0.4, -0.2) is 70.5 Å². The Balaban J connectivity index is 1.61. The number of carbonyl (C=O) groups is 3. The van der Waals surface area contributed by atoms with Crippen LogP contribution >= 0.6 is 0 Å². The number of anilines is 1. The molecule has 2 aromatic rings. The molecule has 2 heterocycles. The third-order valence-electron chi connectivity index (χ3n) is 6.57. The van der Waals surface area contributed by atoms with E-state index < -0.39 is 29.0 Å². The van der Waals surface area contributed by atoms with E-state index in [9.17, 15) is 29.6 Å². The van der Waals surface area contributed by atoms with E-state index in [2.05, 4.69) is 0 Å². The van der Waals surface area contributed by atoms with Crippen molar-refractivity contribution in [3.05, 3.63) is 69.8 Å². The van der Waals surface area contributed by atoms with Crippen LogP contribution in [0.2, 0.25) is 0 Å². The molecule has 0 bridgehead atoms. The SMILES string of the molecule is CN1C(=O)C(CC2CN(C(=O)O)c3cccc([N+](=O)[O-])c32)N(C)C(=O)C1Cc1ccccc1. The maximum Gasteiger partial charge on any atom is 0.411 e. The monoisotopic (exact) mass is 452 g/mol. The van der Waals surface area contributed by atoms with Crippen LogP contribution in [0.5, 0.6) is 0 Å². The van der Waals surface area contributed by atoms with Crippen LogP contribution in [0.1, 0.15) is 23.5 Å². The van der Waals surface area contributed by atoms with Crippen molar-refractivity contribution in [2.24, 2.45) is 0 Å². The van der Waals surface area contributed by atoms with Crippen LogP contribution < -0.4 is 4.90 Å². The third kappa shape index (κ3) is 3.88. The van der Waals surface area contributed by atoms with E-state index in [1.807, 2.05) is 30.3 Å². The van der Waals surface area contributed by atoms with E-state index >= 15 is 0 Å². The van der Waals surface area contributed by atoms with Gasteiger partial charge in [-0.2, -0.15) is 0 Å². The number of carboxylic acid groups (broad SMARTS) is 1. The Labute approximate surface area is 190 Å². The first-order valence-corrected chi connectivity index (χ1v) is 10.6. The lowest BCUT2D eigenvalue weighted by Gasteiger charge is -2.42. The van der Waals surface area contributed by atoms with Crippen molar-refractivity contribution < 1.29 is 24.4 Å². The van der Waals surface area contributed by atoms with Crippen molar-refractivity contribution in [2.45, 2.75) is 30.8 Å². The van der Waals surface area contributed by atoms with Gasteiger partial charge in [0.15, 0.2) is 0 Å². The third-order valence-corrected chi connectivity index (χ3v) is 6.57. The van der Waals surface area contributed by atoms with Crippen molar-refractivity contribution in [3.8, 4) is 0 Å². The summed E-state index contributed by atoms with van der Waals surface area (Å²) in [6, 6.07) is 12.2. The molecule has 3 amide bonds. The van der Waals surface area contributed by atoms with E-state index in [1.54, 1.807) is 14.1 Å². The van der Waals surface area contributed by atoms with Crippen molar-refractivity contribution in [1.29, 1.82) is 0 Å². The summed E-state index contributed by atoms with van der Waals surface area (Å²) in [4.78, 5) is 53.2. The minimum atomic E-state index is -1.22.